The van der Waals surface area contributed by atoms with Gasteiger partial charge in [-0.3, -0.25) is 0 Å². The summed E-state index contributed by atoms with van der Waals surface area (Å²) in [6.07, 6.45) is 0. The van der Waals surface area contributed by atoms with E-state index < -0.39 is 11.9 Å². The molecule has 0 saturated carbocycles. The second kappa shape index (κ2) is 7.26. The Hall–Kier alpha value is -2.82. The highest BCUT2D eigenvalue weighted by Crippen LogP contribution is 2.23. The molecule has 22 heavy (non-hydrogen) atoms. The fraction of sp³-hybridized carbons (Fsp3) is 0.176. The summed E-state index contributed by atoms with van der Waals surface area (Å²) in [5.41, 5.74) is 1.41. The number of carbonyl (C=O) groups excluding carboxylic acids is 2. The van der Waals surface area contributed by atoms with E-state index in [9.17, 15) is 9.59 Å². The molecule has 0 spiro atoms. The molecule has 0 aliphatic heterocycles. The lowest BCUT2D eigenvalue weighted by Crippen LogP contribution is -2.09. The number of ether oxygens (including phenoxy) is 3. The van der Waals surface area contributed by atoms with Crippen molar-refractivity contribution in [2.45, 2.75) is 6.61 Å². The van der Waals surface area contributed by atoms with Crippen molar-refractivity contribution in [3.63, 3.8) is 0 Å². The number of esters is 2. The zero-order valence-corrected chi connectivity index (χ0v) is 12.4. The molecule has 114 valence electrons. The summed E-state index contributed by atoms with van der Waals surface area (Å²) in [4.78, 5) is 23.4. The van der Waals surface area contributed by atoms with Crippen molar-refractivity contribution >= 4 is 11.9 Å². The van der Waals surface area contributed by atoms with Crippen LogP contribution in [0.5, 0.6) is 5.75 Å². The van der Waals surface area contributed by atoms with E-state index in [-0.39, 0.29) is 11.1 Å². The third-order valence-electron chi connectivity index (χ3n) is 3.04. The van der Waals surface area contributed by atoms with Gasteiger partial charge in [-0.2, -0.15) is 0 Å². The molecule has 2 aromatic rings. The quantitative estimate of drug-likeness (QED) is 0.795. The molecule has 2 aromatic carbocycles. The zero-order chi connectivity index (χ0) is 15.9. The van der Waals surface area contributed by atoms with Crippen molar-refractivity contribution in [2.24, 2.45) is 0 Å². The first-order chi connectivity index (χ1) is 10.7. The first-order valence-electron chi connectivity index (χ1n) is 6.63. The van der Waals surface area contributed by atoms with E-state index in [1.54, 1.807) is 12.1 Å². The van der Waals surface area contributed by atoms with Crippen molar-refractivity contribution in [3.05, 3.63) is 65.2 Å². The second-order valence-corrected chi connectivity index (χ2v) is 4.47. The summed E-state index contributed by atoms with van der Waals surface area (Å²) in [6.45, 7) is 0.308. The normalized spacial score (nSPS) is 9.91. The van der Waals surface area contributed by atoms with Gasteiger partial charge in [0.05, 0.1) is 19.8 Å². The van der Waals surface area contributed by atoms with Crippen LogP contribution in [0.15, 0.2) is 48.5 Å². The maximum Gasteiger partial charge on any atom is 0.341 e. The van der Waals surface area contributed by atoms with Gasteiger partial charge in [0.25, 0.3) is 0 Å². The fourth-order valence-electron chi connectivity index (χ4n) is 1.91. The molecular weight excluding hydrogens is 284 g/mol. The van der Waals surface area contributed by atoms with Crippen LogP contribution in [0.2, 0.25) is 0 Å². The number of benzene rings is 2. The van der Waals surface area contributed by atoms with E-state index in [2.05, 4.69) is 4.74 Å². The Morgan fingerprint density at radius 1 is 0.909 bits per heavy atom. The predicted molar refractivity (Wildman–Crippen MR) is 79.9 cm³/mol. The van der Waals surface area contributed by atoms with Gasteiger partial charge < -0.3 is 14.2 Å². The lowest BCUT2D eigenvalue weighted by atomic mass is 10.1. The lowest BCUT2D eigenvalue weighted by Gasteiger charge is -2.11. The van der Waals surface area contributed by atoms with Crippen LogP contribution in [0.1, 0.15) is 26.3 Å². The average molecular weight is 300 g/mol. The van der Waals surface area contributed by atoms with Crippen LogP contribution in [0.3, 0.4) is 0 Å². The van der Waals surface area contributed by atoms with E-state index in [1.165, 1.54) is 20.3 Å². The highest BCUT2D eigenvalue weighted by atomic mass is 16.5. The van der Waals surface area contributed by atoms with E-state index in [0.717, 1.165) is 5.56 Å². The van der Waals surface area contributed by atoms with Crippen molar-refractivity contribution in [3.8, 4) is 5.75 Å². The van der Waals surface area contributed by atoms with Gasteiger partial charge in [0.15, 0.2) is 0 Å². The molecule has 0 aliphatic rings. The molecule has 0 bridgehead atoms. The minimum Gasteiger partial charge on any atom is -0.488 e. The molecule has 0 aliphatic carbocycles. The predicted octanol–water partition coefficient (Wildman–Crippen LogP) is 2.84. The molecule has 0 N–H and O–H groups in total. The summed E-state index contributed by atoms with van der Waals surface area (Å²) in [5, 5.41) is 0. The van der Waals surface area contributed by atoms with Gasteiger partial charge in [-0.15, -0.1) is 0 Å². The van der Waals surface area contributed by atoms with E-state index in [4.69, 9.17) is 9.47 Å². The third-order valence-corrected chi connectivity index (χ3v) is 3.04. The van der Waals surface area contributed by atoms with Crippen LogP contribution in [0, 0.1) is 0 Å². The number of carbonyl (C=O) groups is 2. The summed E-state index contributed by atoms with van der Waals surface area (Å²) >= 11 is 0. The molecule has 0 unspecified atom stereocenters. The minimum absolute atomic E-state index is 0.182. The Kier molecular flexibility index (Phi) is 5.14. The van der Waals surface area contributed by atoms with Crippen molar-refractivity contribution in [1.29, 1.82) is 0 Å². The molecule has 0 radical (unpaired) electrons. The standard InChI is InChI=1S/C17H16O5/c1-20-16(18)13-8-9-15(14(10-13)17(19)21-2)22-11-12-6-4-3-5-7-12/h3-10H,11H2,1-2H3. The monoisotopic (exact) mass is 300 g/mol. The first-order valence-corrected chi connectivity index (χ1v) is 6.63. The SMILES string of the molecule is COC(=O)c1ccc(OCc2ccccc2)c(C(=O)OC)c1. The third kappa shape index (κ3) is 3.63. The summed E-state index contributed by atoms with van der Waals surface area (Å²) in [5.74, 6) is -0.753. The highest BCUT2D eigenvalue weighted by molar-refractivity contribution is 5.97. The Bertz CT molecular complexity index is 664. The molecule has 0 heterocycles. The van der Waals surface area contributed by atoms with Crippen LogP contribution in [0.4, 0.5) is 0 Å². The first kappa shape index (κ1) is 15.6. The smallest absolute Gasteiger partial charge is 0.341 e. The molecule has 0 amide bonds. The summed E-state index contributed by atoms with van der Waals surface area (Å²) in [6, 6.07) is 14.0. The highest BCUT2D eigenvalue weighted by Gasteiger charge is 2.17. The van der Waals surface area contributed by atoms with Crippen molar-refractivity contribution in [2.75, 3.05) is 14.2 Å². The topological polar surface area (TPSA) is 61.8 Å². The largest absolute Gasteiger partial charge is 0.488 e. The number of hydrogen-bond donors (Lipinski definition) is 0. The second-order valence-electron chi connectivity index (χ2n) is 4.47. The van der Waals surface area contributed by atoms with Gasteiger partial charge in [0.1, 0.15) is 17.9 Å². The summed E-state index contributed by atoms with van der Waals surface area (Å²) in [7, 11) is 2.55. The number of methoxy groups -OCH3 is 2. The molecule has 0 fully saturated rings. The Morgan fingerprint density at radius 2 is 1.59 bits per heavy atom. The van der Waals surface area contributed by atoms with Gasteiger partial charge in [-0.1, -0.05) is 30.3 Å². The fourth-order valence-corrected chi connectivity index (χ4v) is 1.91. The molecule has 0 aromatic heterocycles. The van der Waals surface area contributed by atoms with Gasteiger partial charge in [0.2, 0.25) is 0 Å². The van der Waals surface area contributed by atoms with E-state index in [0.29, 0.717) is 12.4 Å². The van der Waals surface area contributed by atoms with Gasteiger partial charge in [-0.05, 0) is 23.8 Å². The van der Waals surface area contributed by atoms with Crippen LogP contribution < -0.4 is 4.74 Å². The van der Waals surface area contributed by atoms with Gasteiger partial charge in [0, 0.05) is 0 Å². The Morgan fingerprint density at radius 3 is 2.23 bits per heavy atom. The Balaban J connectivity index is 2.26. The molecule has 2 rings (SSSR count). The number of rotatable bonds is 5. The van der Waals surface area contributed by atoms with E-state index in [1.807, 2.05) is 30.3 Å². The van der Waals surface area contributed by atoms with Crippen LogP contribution in [-0.4, -0.2) is 26.2 Å². The summed E-state index contributed by atoms with van der Waals surface area (Å²) < 4.78 is 15.0. The minimum atomic E-state index is -0.575. The van der Waals surface area contributed by atoms with Crippen LogP contribution in [-0.2, 0) is 16.1 Å². The van der Waals surface area contributed by atoms with Gasteiger partial charge in [-0.25, -0.2) is 9.59 Å². The van der Waals surface area contributed by atoms with E-state index >= 15 is 0 Å². The maximum absolute atomic E-state index is 11.9. The van der Waals surface area contributed by atoms with Gasteiger partial charge >= 0.3 is 11.9 Å². The molecular formula is C17H16O5. The Labute approximate surface area is 128 Å². The van der Waals surface area contributed by atoms with Crippen molar-refractivity contribution in [1.82, 2.24) is 0 Å². The zero-order valence-electron chi connectivity index (χ0n) is 12.4. The average Bonchev–Trinajstić information content (AvgIpc) is 2.59. The molecule has 0 atom stereocenters. The van der Waals surface area contributed by atoms with Crippen LogP contribution >= 0.6 is 0 Å². The lowest BCUT2D eigenvalue weighted by molar-refractivity contribution is 0.0595. The number of hydrogen-bond acceptors (Lipinski definition) is 5. The van der Waals surface area contributed by atoms with Crippen molar-refractivity contribution < 1.29 is 23.8 Å². The van der Waals surface area contributed by atoms with Crippen LogP contribution in [0.25, 0.3) is 0 Å². The molecule has 5 nitrogen and oxygen atoms in total. The molecule has 0 saturated heterocycles. The molecule has 5 heteroatoms. The maximum atomic E-state index is 11.9.